The molecular weight excluding hydrogens is 198 g/mol. The van der Waals surface area contributed by atoms with Crippen molar-refractivity contribution >= 4 is 5.78 Å². The van der Waals surface area contributed by atoms with E-state index in [4.69, 9.17) is 0 Å². The predicted molar refractivity (Wildman–Crippen MR) is 67.6 cm³/mol. The van der Waals surface area contributed by atoms with Crippen LogP contribution in [0.1, 0.15) is 25.8 Å². The van der Waals surface area contributed by atoms with E-state index in [1.54, 1.807) is 6.92 Å². The van der Waals surface area contributed by atoms with Gasteiger partial charge in [-0.3, -0.25) is 4.79 Å². The van der Waals surface area contributed by atoms with Crippen LogP contribution in [0.15, 0.2) is 30.3 Å². The van der Waals surface area contributed by atoms with Crippen molar-refractivity contribution in [3.63, 3.8) is 0 Å². The minimum Gasteiger partial charge on any atom is -0.309 e. The van der Waals surface area contributed by atoms with Crippen molar-refractivity contribution < 1.29 is 4.79 Å². The number of ketones is 1. The summed E-state index contributed by atoms with van der Waals surface area (Å²) in [6.07, 6.45) is 0.860. The van der Waals surface area contributed by atoms with Crippen LogP contribution in [0.4, 0.5) is 0 Å². The molecule has 0 saturated carbocycles. The number of carbonyl (C=O) groups excluding carboxylic acids is 1. The van der Waals surface area contributed by atoms with Crippen LogP contribution in [-0.2, 0) is 10.2 Å². The second kappa shape index (κ2) is 5.26. The summed E-state index contributed by atoms with van der Waals surface area (Å²) < 4.78 is 0. The van der Waals surface area contributed by atoms with Gasteiger partial charge in [-0.05, 0) is 46.5 Å². The minimum absolute atomic E-state index is 0.237. The third-order valence-corrected chi connectivity index (χ3v) is 3.25. The van der Waals surface area contributed by atoms with E-state index >= 15 is 0 Å². The summed E-state index contributed by atoms with van der Waals surface area (Å²) in [4.78, 5) is 14.0. The quantitative estimate of drug-likeness (QED) is 0.758. The highest BCUT2D eigenvalue weighted by Crippen LogP contribution is 2.28. The molecule has 0 spiro atoms. The molecule has 1 unspecified atom stereocenters. The van der Waals surface area contributed by atoms with Crippen LogP contribution in [0.3, 0.4) is 0 Å². The van der Waals surface area contributed by atoms with Crippen LogP contribution in [0.25, 0.3) is 0 Å². The molecule has 2 nitrogen and oxygen atoms in total. The number of hydrogen-bond donors (Lipinski definition) is 0. The molecule has 0 heterocycles. The van der Waals surface area contributed by atoms with E-state index in [0.29, 0.717) is 0 Å². The van der Waals surface area contributed by atoms with Crippen LogP contribution < -0.4 is 0 Å². The van der Waals surface area contributed by atoms with Gasteiger partial charge in [-0.1, -0.05) is 30.3 Å². The van der Waals surface area contributed by atoms with Gasteiger partial charge in [0.05, 0.1) is 5.41 Å². The van der Waals surface area contributed by atoms with Crippen molar-refractivity contribution in [2.24, 2.45) is 0 Å². The standard InChI is InChI=1S/C14H21NO/c1-12(16)14(2,10-11-15(3)4)13-8-6-5-7-9-13/h5-9H,10-11H2,1-4H3. The molecule has 0 aromatic heterocycles. The van der Waals surface area contributed by atoms with Crippen molar-refractivity contribution in [2.75, 3.05) is 20.6 Å². The maximum Gasteiger partial charge on any atom is 0.140 e. The van der Waals surface area contributed by atoms with Crippen LogP contribution in [-0.4, -0.2) is 31.3 Å². The van der Waals surface area contributed by atoms with Gasteiger partial charge < -0.3 is 4.90 Å². The molecule has 2 heteroatoms. The fourth-order valence-corrected chi connectivity index (χ4v) is 1.78. The van der Waals surface area contributed by atoms with Crippen LogP contribution in [0.2, 0.25) is 0 Å². The highest BCUT2D eigenvalue weighted by molar-refractivity contribution is 5.87. The van der Waals surface area contributed by atoms with Crippen LogP contribution in [0, 0.1) is 0 Å². The summed E-state index contributed by atoms with van der Waals surface area (Å²) in [6.45, 7) is 4.64. The molecule has 0 saturated heterocycles. The van der Waals surface area contributed by atoms with Gasteiger partial charge in [-0.2, -0.15) is 0 Å². The molecule has 1 aromatic rings. The smallest absolute Gasteiger partial charge is 0.140 e. The summed E-state index contributed by atoms with van der Waals surface area (Å²) >= 11 is 0. The topological polar surface area (TPSA) is 20.3 Å². The van der Waals surface area contributed by atoms with Crippen molar-refractivity contribution in [1.82, 2.24) is 4.90 Å². The molecule has 88 valence electrons. The van der Waals surface area contributed by atoms with E-state index in [0.717, 1.165) is 18.5 Å². The Labute approximate surface area is 98.3 Å². The van der Waals surface area contributed by atoms with E-state index in [-0.39, 0.29) is 11.2 Å². The van der Waals surface area contributed by atoms with E-state index in [2.05, 4.69) is 4.90 Å². The molecular formula is C14H21NO. The second-order valence-electron chi connectivity index (χ2n) is 4.81. The molecule has 0 aliphatic carbocycles. The normalized spacial score (nSPS) is 14.8. The molecule has 0 fully saturated rings. The van der Waals surface area contributed by atoms with Gasteiger partial charge in [0, 0.05) is 0 Å². The Morgan fingerprint density at radius 2 is 1.81 bits per heavy atom. The summed E-state index contributed by atoms with van der Waals surface area (Å²) in [5.41, 5.74) is 0.760. The molecule has 16 heavy (non-hydrogen) atoms. The number of benzene rings is 1. The predicted octanol–water partition coefficient (Wildman–Crippen LogP) is 2.49. The van der Waals surface area contributed by atoms with Gasteiger partial charge >= 0.3 is 0 Å². The summed E-state index contributed by atoms with van der Waals surface area (Å²) in [5.74, 6) is 0.237. The van der Waals surface area contributed by atoms with Crippen molar-refractivity contribution in [2.45, 2.75) is 25.7 Å². The zero-order valence-electron chi connectivity index (χ0n) is 10.7. The maximum absolute atomic E-state index is 11.9. The lowest BCUT2D eigenvalue weighted by Gasteiger charge is -2.28. The van der Waals surface area contributed by atoms with Gasteiger partial charge in [0.1, 0.15) is 5.78 Å². The summed E-state index contributed by atoms with van der Waals surface area (Å²) in [6, 6.07) is 10.0. The number of nitrogens with zero attached hydrogens (tertiary/aromatic N) is 1. The Bertz CT molecular complexity index is 345. The lowest BCUT2D eigenvalue weighted by atomic mass is 9.76. The maximum atomic E-state index is 11.9. The van der Waals surface area contributed by atoms with Crippen molar-refractivity contribution in [3.8, 4) is 0 Å². The van der Waals surface area contributed by atoms with E-state index in [9.17, 15) is 4.79 Å². The first kappa shape index (κ1) is 12.9. The highest BCUT2D eigenvalue weighted by atomic mass is 16.1. The van der Waals surface area contributed by atoms with Gasteiger partial charge in [0.25, 0.3) is 0 Å². The Hall–Kier alpha value is -1.15. The molecule has 0 radical (unpaired) electrons. The third-order valence-electron chi connectivity index (χ3n) is 3.25. The Kier molecular flexibility index (Phi) is 4.25. The first-order valence-electron chi connectivity index (χ1n) is 5.68. The van der Waals surface area contributed by atoms with Crippen molar-refractivity contribution in [3.05, 3.63) is 35.9 Å². The van der Waals surface area contributed by atoms with Gasteiger partial charge in [-0.15, -0.1) is 0 Å². The minimum atomic E-state index is -0.356. The van der Waals surface area contributed by atoms with Crippen LogP contribution >= 0.6 is 0 Å². The Morgan fingerprint density at radius 1 is 1.25 bits per heavy atom. The zero-order chi connectivity index (χ0) is 12.2. The van der Waals surface area contributed by atoms with E-state index in [1.165, 1.54) is 0 Å². The monoisotopic (exact) mass is 219 g/mol. The number of rotatable bonds is 5. The average Bonchev–Trinajstić information content (AvgIpc) is 2.26. The highest BCUT2D eigenvalue weighted by Gasteiger charge is 2.31. The summed E-state index contributed by atoms with van der Waals surface area (Å²) in [5, 5.41) is 0. The largest absolute Gasteiger partial charge is 0.309 e. The summed E-state index contributed by atoms with van der Waals surface area (Å²) in [7, 11) is 4.07. The Morgan fingerprint density at radius 3 is 2.25 bits per heavy atom. The fraction of sp³-hybridized carbons (Fsp3) is 0.500. The number of hydrogen-bond acceptors (Lipinski definition) is 2. The molecule has 1 rings (SSSR count). The Balaban J connectivity index is 2.93. The van der Waals surface area contributed by atoms with Gasteiger partial charge in [0.15, 0.2) is 0 Å². The van der Waals surface area contributed by atoms with Gasteiger partial charge in [-0.25, -0.2) is 0 Å². The van der Waals surface area contributed by atoms with Crippen LogP contribution in [0.5, 0.6) is 0 Å². The molecule has 0 aliphatic heterocycles. The van der Waals surface area contributed by atoms with E-state index in [1.807, 2.05) is 51.4 Å². The van der Waals surface area contributed by atoms with E-state index < -0.39 is 0 Å². The zero-order valence-corrected chi connectivity index (χ0v) is 10.7. The lowest BCUT2D eigenvalue weighted by molar-refractivity contribution is -0.122. The average molecular weight is 219 g/mol. The molecule has 0 bridgehead atoms. The third kappa shape index (κ3) is 2.92. The SMILES string of the molecule is CC(=O)C(C)(CCN(C)C)c1ccccc1. The second-order valence-corrected chi connectivity index (χ2v) is 4.81. The van der Waals surface area contributed by atoms with Gasteiger partial charge in [0.2, 0.25) is 0 Å². The molecule has 0 N–H and O–H groups in total. The molecule has 0 aliphatic rings. The first-order chi connectivity index (χ1) is 7.47. The fourth-order valence-electron chi connectivity index (χ4n) is 1.78. The molecule has 1 atom stereocenters. The molecule has 1 aromatic carbocycles. The number of carbonyl (C=O) groups is 1. The molecule has 0 amide bonds. The number of Topliss-reactive ketones (excluding diaryl/α,β-unsaturated/α-hetero) is 1. The first-order valence-corrected chi connectivity index (χ1v) is 5.68. The van der Waals surface area contributed by atoms with Crippen molar-refractivity contribution in [1.29, 1.82) is 0 Å². The lowest BCUT2D eigenvalue weighted by Crippen LogP contribution is -2.34.